The summed E-state index contributed by atoms with van der Waals surface area (Å²) in [5.74, 6) is 1.50. The van der Waals surface area contributed by atoms with E-state index in [-0.39, 0.29) is 10.9 Å². The van der Waals surface area contributed by atoms with E-state index in [2.05, 4.69) is 15.8 Å². The number of hydrogen-bond acceptors (Lipinski definition) is 5. The normalized spacial score (nSPS) is 14.5. The van der Waals surface area contributed by atoms with Gasteiger partial charge in [-0.1, -0.05) is 24.3 Å². The lowest BCUT2D eigenvalue weighted by molar-refractivity contribution is 0.357. The number of sulfonamides is 1. The van der Waals surface area contributed by atoms with Gasteiger partial charge < -0.3 is 9.15 Å². The Morgan fingerprint density at radius 2 is 1.96 bits per heavy atom. The van der Waals surface area contributed by atoms with E-state index in [0.29, 0.717) is 24.6 Å². The van der Waals surface area contributed by atoms with Crippen LogP contribution in [-0.2, 0) is 22.9 Å². The number of hydrogen-bond donors (Lipinski definition) is 1. The third-order valence-electron chi connectivity index (χ3n) is 4.73. The lowest BCUT2D eigenvalue weighted by Gasteiger charge is -2.15. The monoisotopic (exact) mass is 398 g/mol. The van der Waals surface area contributed by atoms with Gasteiger partial charge in [0, 0.05) is 24.9 Å². The summed E-state index contributed by atoms with van der Waals surface area (Å²) in [5, 5.41) is 0. The quantitative estimate of drug-likeness (QED) is 0.687. The van der Waals surface area contributed by atoms with Crippen molar-refractivity contribution < 1.29 is 17.6 Å². The van der Waals surface area contributed by atoms with E-state index in [9.17, 15) is 8.42 Å². The van der Waals surface area contributed by atoms with Crippen LogP contribution in [0.2, 0.25) is 0 Å². The first kappa shape index (κ1) is 18.7. The maximum Gasteiger partial charge on any atom is 0.240 e. The molecule has 0 amide bonds. The largest absolute Gasteiger partial charge is 0.493 e. The van der Waals surface area contributed by atoms with Gasteiger partial charge in [0.15, 0.2) is 5.89 Å². The SMILES string of the molecule is Cc1nc(-c2ccc(S(=O)(=O)NC(C)Cc3ccc4c(c3)CCO4)cc2)co1. The number of rotatable bonds is 6. The van der Waals surface area contributed by atoms with Crippen molar-refractivity contribution >= 4 is 10.0 Å². The molecule has 4 rings (SSSR count). The summed E-state index contributed by atoms with van der Waals surface area (Å²) < 4.78 is 38.9. The summed E-state index contributed by atoms with van der Waals surface area (Å²) in [4.78, 5) is 4.48. The standard InChI is InChI=1S/C21H22N2O4S/c1-14(11-16-3-8-21-18(12-16)9-10-26-21)23-28(24,25)19-6-4-17(5-7-19)20-13-27-15(2)22-20/h3-8,12-14,23H,9-11H2,1-2H3. The highest BCUT2D eigenvalue weighted by Gasteiger charge is 2.19. The van der Waals surface area contributed by atoms with Crippen molar-refractivity contribution in [1.82, 2.24) is 9.71 Å². The highest BCUT2D eigenvalue weighted by molar-refractivity contribution is 7.89. The molecule has 1 N–H and O–H groups in total. The molecule has 0 radical (unpaired) electrons. The number of nitrogens with zero attached hydrogens (tertiary/aromatic N) is 1. The molecule has 146 valence electrons. The fourth-order valence-electron chi connectivity index (χ4n) is 3.40. The summed E-state index contributed by atoms with van der Waals surface area (Å²) in [7, 11) is -3.60. The average molecular weight is 398 g/mol. The molecule has 6 nitrogen and oxygen atoms in total. The van der Waals surface area contributed by atoms with E-state index in [1.807, 2.05) is 19.1 Å². The van der Waals surface area contributed by atoms with Crippen molar-refractivity contribution in [2.75, 3.05) is 6.61 Å². The minimum atomic E-state index is -3.60. The first-order chi connectivity index (χ1) is 13.4. The predicted molar refractivity (Wildman–Crippen MR) is 106 cm³/mol. The van der Waals surface area contributed by atoms with Crippen LogP contribution in [-0.4, -0.2) is 26.1 Å². The van der Waals surface area contributed by atoms with Crippen molar-refractivity contribution in [2.45, 2.75) is 37.6 Å². The molecule has 1 unspecified atom stereocenters. The van der Waals surface area contributed by atoms with Crippen LogP contribution < -0.4 is 9.46 Å². The highest BCUT2D eigenvalue weighted by Crippen LogP contribution is 2.26. The molecule has 3 aromatic rings. The van der Waals surface area contributed by atoms with Gasteiger partial charge in [-0.15, -0.1) is 0 Å². The molecule has 0 spiro atoms. The Morgan fingerprint density at radius 3 is 2.68 bits per heavy atom. The maximum absolute atomic E-state index is 12.7. The Morgan fingerprint density at radius 1 is 1.18 bits per heavy atom. The molecule has 0 saturated heterocycles. The summed E-state index contributed by atoms with van der Waals surface area (Å²) in [6.45, 7) is 4.35. The van der Waals surface area contributed by atoms with Crippen LogP contribution in [0.25, 0.3) is 11.3 Å². The smallest absolute Gasteiger partial charge is 0.240 e. The number of fused-ring (bicyclic) bond motifs is 1. The molecule has 1 aliphatic rings. The lowest BCUT2D eigenvalue weighted by atomic mass is 10.0. The minimum absolute atomic E-state index is 0.227. The van der Waals surface area contributed by atoms with Gasteiger partial charge in [0.05, 0.1) is 11.5 Å². The van der Waals surface area contributed by atoms with Crippen molar-refractivity contribution in [2.24, 2.45) is 0 Å². The molecule has 7 heteroatoms. The molecule has 0 bridgehead atoms. The molecule has 2 heterocycles. The average Bonchev–Trinajstić information content (AvgIpc) is 3.29. The number of oxazole rings is 1. The van der Waals surface area contributed by atoms with E-state index < -0.39 is 10.0 Å². The van der Waals surface area contributed by atoms with Crippen LogP contribution in [0.1, 0.15) is 23.9 Å². The number of ether oxygens (including phenoxy) is 1. The first-order valence-electron chi connectivity index (χ1n) is 9.20. The van der Waals surface area contributed by atoms with Gasteiger partial charge in [-0.3, -0.25) is 0 Å². The van der Waals surface area contributed by atoms with Gasteiger partial charge in [0.1, 0.15) is 17.7 Å². The molecule has 1 aromatic heterocycles. The fraction of sp³-hybridized carbons (Fsp3) is 0.286. The molecule has 1 atom stereocenters. The predicted octanol–water partition coefficient (Wildman–Crippen LogP) is 3.49. The molecule has 1 aliphatic heterocycles. The summed E-state index contributed by atoms with van der Waals surface area (Å²) >= 11 is 0. The first-order valence-corrected chi connectivity index (χ1v) is 10.7. The second-order valence-electron chi connectivity index (χ2n) is 7.04. The molecule has 2 aromatic carbocycles. The van der Waals surface area contributed by atoms with E-state index >= 15 is 0 Å². The molecular formula is C21H22N2O4S. The minimum Gasteiger partial charge on any atom is -0.493 e. The molecule has 0 fully saturated rings. The van der Waals surface area contributed by atoms with Gasteiger partial charge in [0.25, 0.3) is 0 Å². The van der Waals surface area contributed by atoms with E-state index in [1.54, 1.807) is 37.5 Å². The Hall–Kier alpha value is -2.64. The second kappa shape index (κ2) is 7.41. The molecule has 28 heavy (non-hydrogen) atoms. The van der Waals surface area contributed by atoms with Crippen LogP contribution in [0.5, 0.6) is 5.75 Å². The molecule has 0 saturated carbocycles. The van der Waals surface area contributed by atoms with Crippen molar-refractivity contribution in [3.05, 3.63) is 65.7 Å². The zero-order chi connectivity index (χ0) is 19.7. The Balaban J connectivity index is 1.44. The lowest BCUT2D eigenvalue weighted by Crippen LogP contribution is -2.34. The number of nitrogens with one attached hydrogen (secondary N) is 1. The van der Waals surface area contributed by atoms with Gasteiger partial charge in [-0.05, 0) is 42.7 Å². The third kappa shape index (κ3) is 3.95. The van der Waals surface area contributed by atoms with Crippen LogP contribution in [0.3, 0.4) is 0 Å². The zero-order valence-corrected chi connectivity index (χ0v) is 16.6. The van der Waals surface area contributed by atoms with E-state index in [0.717, 1.165) is 23.3 Å². The van der Waals surface area contributed by atoms with Crippen LogP contribution >= 0.6 is 0 Å². The zero-order valence-electron chi connectivity index (χ0n) is 15.8. The number of aryl methyl sites for hydroxylation is 1. The number of benzene rings is 2. The Bertz CT molecular complexity index is 1090. The number of aromatic nitrogens is 1. The Kier molecular flexibility index (Phi) is 4.95. The topological polar surface area (TPSA) is 81.4 Å². The fourth-order valence-corrected chi connectivity index (χ4v) is 4.64. The maximum atomic E-state index is 12.7. The van der Waals surface area contributed by atoms with E-state index in [4.69, 9.17) is 9.15 Å². The molecule has 0 aliphatic carbocycles. The molecular weight excluding hydrogens is 376 g/mol. The van der Waals surface area contributed by atoms with Crippen molar-refractivity contribution in [3.8, 4) is 17.0 Å². The summed E-state index contributed by atoms with van der Waals surface area (Å²) in [6.07, 6.45) is 3.07. The van der Waals surface area contributed by atoms with Crippen LogP contribution in [0.4, 0.5) is 0 Å². The van der Waals surface area contributed by atoms with Crippen molar-refractivity contribution in [1.29, 1.82) is 0 Å². The summed E-state index contributed by atoms with van der Waals surface area (Å²) in [5.41, 5.74) is 3.77. The van der Waals surface area contributed by atoms with Crippen LogP contribution in [0, 0.1) is 6.92 Å². The van der Waals surface area contributed by atoms with Gasteiger partial charge >= 0.3 is 0 Å². The van der Waals surface area contributed by atoms with Gasteiger partial charge in [0.2, 0.25) is 10.0 Å². The van der Waals surface area contributed by atoms with Crippen molar-refractivity contribution in [3.63, 3.8) is 0 Å². The van der Waals surface area contributed by atoms with E-state index in [1.165, 1.54) is 5.56 Å². The summed E-state index contributed by atoms with van der Waals surface area (Å²) in [6, 6.07) is 12.5. The third-order valence-corrected chi connectivity index (χ3v) is 6.34. The van der Waals surface area contributed by atoms with Gasteiger partial charge in [-0.2, -0.15) is 0 Å². The second-order valence-corrected chi connectivity index (χ2v) is 8.76. The van der Waals surface area contributed by atoms with Crippen LogP contribution in [0.15, 0.2) is 58.0 Å². The Labute approximate surface area is 164 Å². The highest BCUT2D eigenvalue weighted by atomic mass is 32.2. The van der Waals surface area contributed by atoms with Gasteiger partial charge in [-0.25, -0.2) is 18.1 Å².